The Hall–Kier alpha value is -2.60. The van der Waals surface area contributed by atoms with Crippen LogP contribution in [0.3, 0.4) is 0 Å². The zero-order valence-corrected chi connectivity index (χ0v) is 13.4. The van der Waals surface area contributed by atoms with E-state index in [1.165, 1.54) is 6.08 Å². The molecule has 0 saturated heterocycles. The maximum Gasteiger partial charge on any atom is 0.262 e. The molecule has 3 rings (SSSR count). The summed E-state index contributed by atoms with van der Waals surface area (Å²) >= 11 is 1.56. The number of nitrogens with zero attached hydrogens (tertiary/aromatic N) is 1. The van der Waals surface area contributed by atoms with Crippen LogP contribution in [0.2, 0.25) is 0 Å². The van der Waals surface area contributed by atoms with Gasteiger partial charge in [-0.2, -0.15) is 0 Å². The van der Waals surface area contributed by atoms with Crippen molar-refractivity contribution in [2.75, 3.05) is 18.5 Å². The number of nitrogens with one attached hydrogen (secondary N) is 1. The van der Waals surface area contributed by atoms with Crippen molar-refractivity contribution in [2.24, 2.45) is 0 Å². The molecular formula is C17H16N2O3S. The van der Waals surface area contributed by atoms with Crippen molar-refractivity contribution in [3.05, 3.63) is 52.7 Å². The van der Waals surface area contributed by atoms with Crippen LogP contribution in [0.25, 0.3) is 6.08 Å². The summed E-state index contributed by atoms with van der Waals surface area (Å²) in [7, 11) is 1.55. The summed E-state index contributed by atoms with van der Waals surface area (Å²) in [4.78, 5) is 27.0. The lowest BCUT2D eigenvalue weighted by Crippen LogP contribution is -2.49. The molecule has 0 saturated carbocycles. The van der Waals surface area contributed by atoms with Gasteiger partial charge in [-0.15, -0.1) is 11.3 Å². The normalized spacial score (nSPS) is 16.7. The van der Waals surface area contributed by atoms with Gasteiger partial charge in [0.2, 0.25) is 0 Å². The molecule has 1 aromatic carbocycles. The van der Waals surface area contributed by atoms with Crippen LogP contribution in [0.5, 0.6) is 5.75 Å². The zero-order chi connectivity index (χ0) is 16.2. The number of thiophene rings is 1. The van der Waals surface area contributed by atoms with Crippen molar-refractivity contribution >= 4 is 34.9 Å². The standard InChI is InChI=1S/C17H16N2O3S/c1-18-17(21)15-11-19(13-6-2-3-7-14(13)22-15)16(20)9-8-12-5-4-10-23-12/h2-10,15H,11H2,1H3,(H,18,21)/b9-8+/t15-/m0/s1. The summed E-state index contributed by atoms with van der Waals surface area (Å²) < 4.78 is 5.69. The SMILES string of the molecule is CNC(=O)[C@@H]1CN(C(=O)/C=C/c2cccs2)c2ccccc2O1. The van der Waals surface area contributed by atoms with E-state index >= 15 is 0 Å². The second-order valence-corrected chi connectivity index (χ2v) is 5.97. The molecule has 23 heavy (non-hydrogen) atoms. The quantitative estimate of drug-likeness (QED) is 0.880. The molecule has 0 aliphatic carbocycles. The highest BCUT2D eigenvalue weighted by Gasteiger charge is 2.32. The van der Waals surface area contributed by atoms with E-state index < -0.39 is 6.10 Å². The molecule has 1 aromatic heterocycles. The minimum absolute atomic E-state index is 0.178. The van der Waals surface area contributed by atoms with Crippen LogP contribution in [0.1, 0.15) is 4.88 Å². The summed E-state index contributed by atoms with van der Waals surface area (Å²) in [6.07, 6.45) is 2.59. The van der Waals surface area contributed by atoms with E-state index in [1.807, 2.05) is 35.7 Å². The van der Waals surface area contributed by atoms with Crippen molar-refractivity contribution in [1.82, 2.24) is 5.32 Å². The van der Waals surface area contributed by atoms with Gasteiger partial charge in [0.15, 0.2) is 6.10 Å². The second-order valence-electron chi connectivity index (χ2n) is 4.99. The Balaban J connectivity index is 1.87. The molecule has 6 heteroatoms. The number of fused-ring (bicyclic) bond motifs is 1. The van der Waals surface area contributed by atoms with Gasteiger partial charge in [0, 0.05) is 18.0 Å². The van der Waals surface area contributed by atoms with Crippen LogP contribution in [-0.2, 0) is 9.59 Å². The number of carbonyl (C=O) groups is 2. The van der Waals surface area contributed by atoms with Crippen molar-refractivity contribution < 1.29 is 14.3 Å². The molecule has 0 fully saturated rings. The Kier molecular flexibility index (Phi) is 4.43. The number of ether oxygens (including phenoxy) is 1. The predicted octanol–water partition coefficient (Wildman–Crippen LogP) is 2.30. The molecule has 1 atom stereocenters. The minimum atomic E-state index is -0.714. The van der Waals surface area contributed by atoms with Gasteiger partial charge in [0.1, 0.15) is 5.75 Å². The first-order chi connectivity index (χ1) is 11.2. The monoisotopic (exact) mass is 328 g/mol. The average Bonchev–Trinajstić information content (AvgIpc) is 3.11. The van der Waals surface area contributed by atoms with E-state index in [1.54, 1.807) is 35.4 Å². The first-order valence-corrected chi connectivity index (χ1v) is 8.07. The number of para-hydroxylation sites is 2. The van der Waals surface area contributed by atoms with Crippen molar-refractivity contribution in [3.8, 4) is 5.75 Å². The number of likely N-dealkylation sites (N-methyl/N-ethyl adjacent to an activating group) is 1. The molecule has 2 heterocycles. The van der Waals surface area contributed by atoms with Gasteiger partial charge in [0.05, 0.1) is 12.2 Å². The Morgan fingerprint density at radius 2 is 2.13 bits per heavy atom. The van der Waals surface area contributed by atoms with E-state index in [2.05, 4.69) is 5.32 Å². The van der Waals surface area contributed by atoms with Crippen molar-refractivity contribution in [1.29, 1.82) is 0 Å². The van der Waals surface area contributed by atoms with Crippen LogP contribution >= 0.6 is 11.3 Å². The molecular weight excluding hydrogens is 312 g/mol. The highest BCUT2D eigenvalue weighted by atomic mass is 32.1. The summed E-state index contributed by atoms with van der Waals surface area (Å²) in [5.74, 6) is 0.104. The molecule has 2 amide bonds. The fraction of sp³-hybridized carbons (Fsp3) is 0.176. The van der Waals surface area contributed by atoms with E-state index in [4.69, 9.17) is 4.74 Å². The summed E-state index contributed by atoms with van der Waals surface area (Å²) in [5, 5.41) is 4.52. The number of rotatable bonds is 3. The van der Waals surface area contributed by atoms with E-state index in [9.17, 15) is 9.59 Å². The molecule has 0 unspecified atom stereocenters. The maximum atomic E-state index is 12.6. The molecule has 2 aromatic rings. The van der Waals surface area contributed by atoms with E-state index in [0.29, 0.717) is 11.4 Å². The highest BCUT2D eigenvalue weighted by Crippen LogP contribution is 2.33. The first kappa shape index (κ1) is 15.3. The fourth-order valence-electron chi connectivity index (χ4n) is 2.37. The Morgan fingerprint density at radius 3 is 2.87 bits per heavy atom. The highest BCUT2D eigenvalue weighted by molar-refractivity contribution is 7.10. The lowest BCUT2D eigenvalue weighted by Gasteiger charge is -2.33. The molecule has 0 radical (unpaired) electrons. The minimum Gasteiger partial charge on any atom is -0.477 e. The van der Waals surface area contributed by atoms with Gasteiger partial charge in [0.25, 0.3) is 11.8 Å². The molecule has 1 aliphatic heterocycles. The van der Waals surface area contributed by atoms with Crippen LogP contribution < -0.4 is 15.0 Å². The van der Waals surface area contributed by atoms with Gasteiger partial charge >= 0.3 is 0 Å². The van der Waals surface area contributed by atoms with Gasteiger partial charge in [-0.1, -0.05) is 18.2 Å². The summed E-state index contributed by atoms with van der Waals surface area (Å²) in [6, 6.07) is 11.1. The molecule has 1 N–H and O–H groups in total. The Bertz CT molecular complexity index is 740. The smallest absolute Gasteiger partial charge is 0.262 e. The molecule has 118 valence electrons. The second kappa shape index (κ2) is 6.66. The molecule has 5 nitrogen and oxygen atoms in total. The molecule has 0 spiro atoms. The molecule has 0 bridgehead atoms. The summed E-state index contributed by atoms with van der Waals surface area (Å²) in [5.41, 5.74) is 0.675. The number of benzene rings is 1. The predicted molar refractivity (Wildman–Crippen MR) is 90.6 cm³/mol. The van der Waals surface area contributed by atoms with Crippen molar-refractivity contribution in [2.45, 2.75) is 6.10 Å². The third-order valence-electron chi connectivity index (χ3n) is 3.51. The zero-order valence-electron chi connectivity index (χ0n) is 12.6. The Morgan fingerprint density at radius 1 is 1.30 bits per heavy atom. The lowest BCUT2D eigenvalue weighted by molar-refractivity contribution is -0.127. The number of anilines is 1. The number of carbonyl (C=O) groups excluding carboxylic acids is 2. The topological polar surface area (TPSA) is 58.6 Å². The number of hydrogen-bond donors (Lipinski definition) is 1. The Labute approximate surface area is 138 Å². The van der Waals surface area contributed by atoms with E-state index in [-0.39, 0.29) is 18.4 Å². The third-order valence-corrected chi connectivity index (χ3v) is 4.35. The number of hydrogen-bond acceptors (Lipinski definition) is 4. The van der Waals surface area contributed by atoms with Crippen LogP contribution in [0.4, 0.5) is 5.69 Å². The lowest BCUT2D eigenvalue weighted by atomic mass is 10.1. The van der Waals surface area contributed by atoms with E-state index in [0.717, 1.165) is 4.88 Å². The van der Waals surface area contributed by atoms with Crippen LogP contribution in [0, 0.1) is 0 Å². The van der Waals surface area contributed by atoms with Gasteiger partial charge in [-0.25, -0.2) is 0 Å². The summed E-state index contributed by atoms with van der Waals surface area (Å²) in [6.45, 7) is 0.185. The molecule has 1 aliphatic rings. The van der Waals surface area contributed by atoms with Crippen molar-refractivity contribution in [3.63, 3.8) is 0 Å². The van der Waals surface area contributed by atoms with Gasteiger partial charge in [-0.05, 0) is 29.7 Å². The fourth-order valence-corrected chi connectivity index (χ4v) is 2.99. The first-order valence-electron chi connectivity index (χ1n) is 7.19. The maximum absolute atomic E-state index is 12.6. The van der Waals surface area contributed by atoms with Gasteiger partial charge in [-0.3, -0.25) is 9.59 Å². The number of amides is 2. The van der Waals surface area contributed by atoms with Crippen LogP contribution in [0.15, 0.2) is 47.9 Å². The average molecular weight is 328 g/mol. The largest absolute Gasteiger partial charge is 0.477 e. The van der Waals surface area contributed by atoms with Crippen LogP contribution in [-0.4, -0.2) is 31.5 Å². The van der Waals surface area contributed by atoms with Gasteiger partial charge < -0.3 is 15.0 Å². The third kappa shape index (κ3) is 3.27.